The number of methoxy groups -OCH3 is 4. The highest BCUT2D eigenvalue weighted by atomic mass is 16.5. The second-order valence-corrected chi connectivity index (χ2v) is 7.87. The standard InChI is InChI=1S/C28H26O7/c1-31-19-10-8-17(9-11-19)23-16-35-28-21(27(23)30)12-13-24(33-3)26(28)22(15-25(29)34-4)18-6-5-7-20(14-18)32-2/h5-14,16,22H,15H2,1-4H3/t22-/m0/s1. The molecule has 7 heteroatoms. The molecule has 1 aromatic heterocycles. The highest BCUT2D eigenvalue weighted by Gasteiger charge is 2.27. The van der Waals surface area contributed by atoms with Gasteiger partial charge in [0.15, 0.2) is 0 Å². The molecule has 0 radical (unpaired) electrons. The molecule has 0 unspecified atom stereocenters. The Morgan fingerprint density at radius 1 is 0.886 bits per heavy atom. The van der Waals surface area contributed by atoms with Gasteiger partial charge in [0.1, 0.15) is 29.1 Å². The van der Waals surface area contributed by atoms with Gasteiger partial charge < -0.3 is 23.4 Å². The lowest BCUT2D eigenvalue weighted by molar-refractivity contribution is -0.140. The Kier molecular flexibility index (Phi) is 7.06. The number of fused-ring (bicyclic) bond motifs is 1. The first-order valence-electron chi connectivity index (χ1n) is 11.0. The summed E-state index contributed by atoms with van der Waals surface area (Å²) in [7, 11) is 6.04. The van der Waals surface area contributed by atoms with Crippen LogP contribution in [0.3, 0.4) is 0 Å². The minimum absolute atomic E-state index is 0.0169. The number of esters is 1. The Hall–Kier alpha value is -4.26. The van der Waals surface area contributed by atoms with Crippen LogP contribution in [0.4, 0.5) is 0 Å². The fourth-order valence-corrected chi connectivity index (χ4v) is 4.18. The Morgan fingerprint density at radius 3 is 2.29 bits per heavy atom. The molecule has 0 aliphatic rings. The first-order chi connectivity index (χ1) is 17.0. The number of hydrogen-bond acceptors (Lipinski definition) is 7. The van der Waals surface area contributed by atoms with E-state index < -0.39 is 11.9 Å². The van der Waals surface area contributed by atoms with Crippen LogP contribution in [0.5, 0.6) is 17.2 Å². The molecule has 0 bridgehead atoms. The summed E-state index contributed by atoms with van der Waals surface area (Å²) in [6.07, 6.45) is 1.46. The molecule has 7 nitrogen and oxygen atoms in total. The number of rotatable bonds is 8. The van der Waals surface area contributed by atoms with E-state index in [9.17, 15) is 9.59 Å². The third kappa shape index (κ3) is 4.71. The van der Waals surface area contributed by atoms with Crippen molar-refractivity contribution in [3.63, 3.8) is 0 Å². The van der Waals surface area contributed by atoms with E-state index in [1.54, 1.807) is 50.6 Å². The molecule has 1 atom stereocenters. The predicted molar refractivity (Wildman–Crippen MR) is 132 cm³/mol. The van der Waals surface area contributed by atoms with E-state index in [-0.39, 0.29) is 11.8 Å². The van der Waals surface area contributed by atoms with Gasteiger partial charge in [0.2, 0.25) is 5.43 Å². The highest BCUT2D eigenvalue weighted by Crippen LogP contribution is 2.40. The van der Waals surface area contributed by atoms with Gasteiger partial charge in [-0.3, -0.25) is 9.59 Å². The van der Waals surface area contributed by atoms with Crippen molar-refractivity contribution in [2.24, 2.45) is 0 Å². The molecule has 35 heavy (non-hydrogen) atoms. The molecule has 0 aliphatic heterocycles. The van der Waals surface area contributed by atoms with Crippen molar-refractivity contribution in [3.8, 4) is 28.4 Å². The first kappa shape index (κ1) is 23.9. The third-order valence-corrected chi connectivity index (χ3v) is 6.00. The monoisotopic (exact) mass is 474 g/mol. The van der Waals surface area contributed by atoms with E-state index in [0.29, 0.717) is 44.9 Å². The van der Waals surface area contributed by atoms with Crippen LogP contribution in [-0.2, 0) is 9.53 Å². The molecule has 3 aromatic carbocycles. The summed E-state index contributed by atoms with van der Waals surface area (Å²) < 4.78 is 27.3. The average Bonchev–Trinajstić information content (AvgIpc) is 2.91. The largest absolute Gasteiger partial charge is 0.497 e. The quantitative estimate of drug-likeness (QED) is 0.325. The SMILES string of the molecule is COC(=O)C[C@@H](c1cccc(OC)c1)c1c(OC)ccc2c(=O)c(-c3ccc(OC)cc3)coc12. The van der Waals surface area contributed by atoms with Crippen molar-refractivity contribution in [2.45, 2.75) is 12.3 Å². The minimum atomic E-state index is -0.508. The van der Waals surface area contributed by atoms with E-state index in [2.05, 4.69) is 0 Å². The van der Waals surface area contributed by atoms with Crippen molar-refractivity contribution < 1.29 is 28.2 Å². The number of hydrogen-bond donors (Lipinski definition) is 0. The van der Waals surface area contributed by atoms with Gasteiger partial charge in [-0.25, -0.2) is 0 Å². The van der Waals surface area contributed by atoms with Gasteiger partial charge in [-0.2, -0.15) is 0 Å². The normalized spacial score (nSPS) is 11.7. The Morgan fingerprint density at radius 2 is 1.63 bits per heavy atom. The van der Waals surface area contributed by atoms with Gasteiger partial charge in [-0.15, -0.1) is 0 Å². The average molecular weight is 475 g/mol. The number of benzene rings is 3. The lowest BCUT2D eigenvalue weighted by atomic mass is 9.86. The summed E-state index contributed by atoms with van der Waals surface area (Å²) in [6.45, 7) is 0. The van der Waals surface area contributed by atoms with Gasteiger partial charge >= 0.3 is 5.97 Å². The topological polar surface area (TPSA) is 84.2 Å². The van der Waals surface area contributed by atoms with Crippen molar-refractivity contribution in [2.75, 3.05) is 28.4 Å². The van der Waals surface area contributed by atoms with E-state index in [1.807, 2.05) is 24.3 Å². The molecule has 0 N–H and O–H groups in total. The van der Waals surface area contributed by atoms with E-state index in [1.165, 1.54) is 20.5 Å². The zero-order valence-electron chi connectivity index (χ0n) is 20.0. The Labute approximate surface area is 202 Å². The summed E-state index contributed by atoms with van der Waals surface area (Å²) in [5.74, 6) is 0.907. The molecule has 180 valence electrons. The summed E-state index contributed by atoms with van der Waals surface area (Å²) in [5, 5.41) is 0.381. The Bertz CT molecular complexity index is 1400. The fraction of sp³-hybridized carbons (Fsp3) is 0.214. The Balaban J connectivity index is 1.94. The lowest BCUT2D eigenvalue weighted by Gasteiger charge is -2.21. The summed E-state index contributed by atoms with van der Waals surface area (Å²) >= 11 is 0. The van der Waals surface area contributed by atoms with E-state index in [4.69, 9.17) is 23.4 Å². The predicted octanol–water partition coefficient (Wildman–Crippen LogP) is 5.18. The van der Waals surface area contributed by atoms with E-state index >= 15 is 0 Å². The number of carbonyl (C=O) groups excluding carboxylic acids is 1. The molecule has 0 saturated heterocycles. The minimum Gasteiger partial charge on any atom is -0.497 e. The van der Waals surface area contributed by atoms with Crippen LogP contribution >= 0.6 is 0 Å². The smallest absolute Gasteiger partial charge is 0.306 e. The number of ether oxygens (including phenoxy) is 4. The van der Waals surface area contributed by atoms with Crippen LogP contribution in [0.2, 0.25) is 0 Å². The van der Waals surface area contributed by atoms with Crippen LogP contribution in [0.25, 0.3) is 22.1 Å². The molecule has 0 aliphatic carbocycles. The summed E-state index contributed by atoms with van der Waals surface area (Å²) in [6, 6.07) is 18.0. The van der Waals surface area contributed by atoms with E-state index in [0.717, 1.165) is 5.56 Å². The molecule has 4 rings (SSSR count). The van der Waals surface area contributed by atoms with Gasteiger partial charge in [0, 0.05) is 11.5 Å². The maximum absolute atomic E-state index is 13.5. The zero-order valence-corrected chi connectivity index (χ0v) is 20.0. The van der Waals surface area contributed by atoms with Gasteiger partial charge in [0.05, 0.1) is 45.8 Å². The molecular formula is C28H26O7. The lowest BCUT2D eigenvalue weighted by Crippen LogP contribution is -2.13. The molecule has 0 saturated carbocycles. The molecule has 0 spiro atoms. The fourth-order valence-electron chi connectivity index (χ4n) is 4.18. The van der Waals surface area contributed by atoms with Gasteiger partial charge in [-0.1, -0.05) is 24.3 Å². The molecule has 0 fully saturated rings. The molecule has 4 aromatic rings. The van der Waals surface area contributed by atoms with Crippen molar-refractivity contribution in [3.05, 3.63) is 88.3 Å². The van der Waals surface area contributed by atoms with Crippen molar-refractivity contribution in [1.29, 1.82) is 0 Å². The van der Waals surface area contributed by atoms with Gasteiger partial charge in [-0.05, 0) is 47.5 Å². The molecule has 0 amide bonds. The van der Waals surface area contributed by atoms with Crippen LogP contribution in [0, 0.1) is 0 Å². The van der Waals surface area contributed by atoms with Crippen LogP contribution in [0.1, 0.15) is 23.5 Å². The summed E-state index contributed by atoms with van der Waals surface area (Å²) in [4.78, 5) is 25.9. The maximum atomic E-state index is 13.5. The maximum Gasteiger partial charge on any atom is 0.306 e. The second kappa shape index (κ2) is 10.3. The highest BCUT2D eigenvalue weighted by molar-refractivity contribution is 5.87. The zero-order chi connectivity index (χ0) is 24.9. The molecule has 1 heterocycles. The van der Waals surface area contributed by atoms with Crippen molar-refractivity contribution in [1.82, 2.24) is 0 Å². The molecular weight excluding hydrogens is 448 g/mol. The third-order valence-electron chi connectivity index (χ3n) is 6.00. The van der Waals surface area contributed by atoms with Crippen LogP contribution in [-0.4, -0.2) is 34.4 Å². The van der Waals surface area contributed by atoms with Crippen molar-refractivity contribution >= 4 is 16.9 Å². The van der Waals surface area contributed by atoms with Crippen LogP contribution < -0.4 is 19.6 Å². The number of carbonyl (C=O) groups is 1. The van der Waals surface area contributed by atoms with Gasteiger partial charge in [0.25, 0.3) is 0 Å². The first-order valence-corrected chi connectivity index (χ1v) is 11.0. The summed E-state index contributed by atoms with van der Waals surface area (Å²) in [5.41, 5.74) is 2.66. The van der Waals surface area contributed by atoms with Crippen LogP contribution in [0.15, 0.2) is 76.1 Å². The second-order valence-electron chi connectivity index (χ2n) is 7.87.